The molecule has 0 saturated heterocycles. The van der Waals surface area contributed by atoms with Gasteiger partial charge in [-0.1, -0.05) is 0 Å². The van der Waals surface area contributed by atoms with Crippen LogP contribution in [0.5, 0.6) is 0 Å². The molecule has 4 nitrogen and oxygen atoms in total. The third-order valence-corrected chi connectivity index (χ3v) is 1.52. The van der Waals surface area contributed by atoms with Crippen molar-refractivity contribution in [2.24, 2.45) is 0 Å². The predicted octanol–water partition coefficient (Wildman–Crippen LogP) is 0.00328. The number of carbonyl (C=O) groups is 1. The molecule has 0 aliphatic rings. The molecule has 0 fully saturated rings. The topological polar surface area (TPSA) is 53.3 Å². The Morgan fingerprint density at radius 3 is 2.73 bits per heavy atom. The van der Waals surface area contributed by atoms with Crippen LogP contribution in [-0.4, -0.2) is 37.6 Å². The van der Waals surface area contributed by atoms with Crippen LogP contribution in [0.2, 0.25) is 0 Å². The summed E-state index contributed by atoms with van der Waals surface area (Å²) in [6.07, 6.45) is 0. The van der Waals surface area contributed by atoms with Crippen molar-refractivity contribution in [3.63, 3.8) is 0 Å². The first kappa shape index (κ1) is 9.92. The van der Waals surface area contributed by atoms with E-state index < -0.39 is 0 Å². The first-order valence-corrected chi connectivity index (χ1v) is 3.28. The molecule has 0 bridgehead atoms. The molecule has 1 unspecified atom stereocenters. The largest absolute Gasteiger partial charge is 0.468 e. The quantitative estimate of drug-likeness (QED) is 0.426. The highest BCUT2D eigenvalue weighted by molar-refractivity contribution is 5.75. The van der Waals surface area contributed by atoms with E-state index >= 15 is 0 Å². The minimum absolute atomic E-state index is 0.232. The number of carbonyl (C=O) groups excluding carboxylic acids is 1. The van der Waals surface area contributed by atoms with Crippen LogP contribution < -0.4 is 0 Å². The van der Waals surface area contributed by atoms with Crippen molar-refractivity contribution in [1.29, 1.82) is 5.26 Å². The van der Waals surface area contributed by atoms with Crippen LogP contribution in [-0.2, 0) is 9.53 Å². The lowest BCUT2D eigenvalue weighted by molar-refractivity contribution is -0.145. The number of hydrogen-bond acceptors (Lipinski definition) is 4. The maximum Gasteiger partial charge on any atom is 0.322 e. The van der Waals surface area contributed by atoms with Crippen LogP contribution in [0.25, 0.3) is 0 Å². The number of likely N-dealkylation sites (N-methyl/N-ethyl adjacent to an activating group) is 1. The molecule has 11 heavy (non-hydrogen) atoms. The summed E-state index contributed by atoms with van der Waals surface area (Å²) in [5.74, 6) is -0.317. The lowest BCUT2D eigenvalue weighted by atomic mass is 10.3. The maximum atomic E-state index is 10.9. The van der Waals surface area contributed by atoms with Gasteiger partial charge < -0.3 is 4.74 Å². The Kier molecular flexibility index (Phi) is 4.23. The average Bonchev–Trinajstić information content (AvgIpc) is 2.02. The summed E-state index contributed by atoms with van der Waals surface area (Å²) in [4.78, 5) is 12.5. The molecule has 0 aromatic heterocycles. The van der Waals surface area contributed by atoms with Crippen molar-refractivity contribution in [1.82, 2.24) is 4.90 Å². The highest BCUT2D eigenvalue weighted by atomic mass is 16.5. The van der Waals surface area contributed by atoms with Crippen molar-refractivity contribution in [2.45, 2.75) is 13.0 Å². The van der Waals surface area contributed by atoms with Gasteiger partial charge in [0.25, 0.3) is 0 Å². The summed E-state index contributed by atoms with van der Waals surface area (Å²) in [6, 6.07) is 1.60. The van der Waals surface area contributed by atoms with E-state index in [2.05, 4.69) is 4.74 Å². The van der Waals surface area contributed by atoms with Gasteiger partial charge in [0.15, 0.2) is 0 Å². The van der Waals surface area contributed by atoms with Crippen LogP contribution in [0.1, 0.15) is 6.92 Å². The van der Waals surface area contributed by atoms with Crippen LogP contribution >= 0.6 is 0 Å². The molecule has 1 atom stereocenters. The van der Waals surface area contributed by atoms with Crippen molar-refractivity contribution in [3.8, 4) is 6.07 Å². The van der Waals surface area contributed by atoms with E-state index in [4.69, 9.17) is 5.26 Å². The van der Waals surface area contributed by atoms with Gasteiger partial charge in [0.05, 0.1) is 19.7 Å². The number of ether oxygens (including phenoxy) is 1. The minimum Gasteiger partial charge on any atom is -0.468 e. The Bertz CT molecular complexity index is 174. The number of nitrogens with zero attached hydrogens (tertiary/aromatic N) is 2. The van der Waals surface area contributed by atoms with Gasteiger partial charge in [-0.3, -0.25) is 9.69 Å². The summed E-state index contributed by atoms with van der Waals surface area (Å²) >= 11 is 0. The molecule has 0 rings (SSSR count). The van der Waals surface area contributed by atoms with Crippen molar-refractivity contribution >= 4 is 5.97 Å². The Labute approximate surface area is 66.4 Å². The van der Waals surface area contributed by atoms with E-state index in [0.717, 1.165) is 0 Å². The number of nitriles is 1. The summed E-state index contributed by atoms with van der Waals surface area (Å²) < 4.78 is 4.49. The monoisotopic (exact) mass is 156 g/mol. The van der Waals surface area contributed by atoms with E-state index in [0.29, 0.717) is 0 Å². The fraction of sp³-hybridized carbons (Fsp3) is 0.714. The molecular weight excluding hydrogens is 144 g/mol. The Balaban J connectivity index is 3.92. The smallest absolute Gasteiger partial charge is 0.322 e. The number of rotatable bonds is 3. The molecule has 0 aliphatic heterocycles. The Morgan fingerprint density at radius 2 is 2.36 bits per heavy atom. The molecular formula is C7H12N2O2. The zero-order chi connectivity index (χ0) is 8.85. The van der Waals surface area contributed by atoms with E-state index in [9.17, 15) is 4.79 Å². The van der Waals surface area contributed by atoms with E-state index in [-0.39, 0.29) is 18.6 Å². The minimum atomic E-state index is -0.348. The normalized spacial score (nSPS) is 12.3. The van der Waals surface area contributed by atoms with E-state index in [1.165, 1.54) is 7.11 Å². The fourth-order valence-corrected chi connectivity index (χ4v) is 0.599. The van der Waals surface area contributed by atoms with Crippen LogP contribution in [0.15, 0.2) is 0 Å². The average molecular weight is 156 g/mol. The zero-order valence-electron chi connectivity index (χ0n) is 7.00. The first-order valence-electron chi connectivity index (χ1n) is 3.28. The second-order valence-electron chi connectivity index (χ2n) is 2.27. The number of esters is 1. The van der Waals surface area contributed by atoms with Gasteiger partial charge in [-0.25, -0.2) is 0 Å². The Morgan fingerprint density at radius 1 is 1.82 bits per heavy atom. The highest BCUT2D eigenvalue weighted by Crippen LogP contribution is 1.95. The van der Waals surface area contributed by atoms with Crippen molar-refractivity contribution < 1.29 is 9.53 Å². The molecule has 0 N–H and O–H groups in total. The second kappa shape index (κ2) is 4.69. The maximum absolute atomic E-state index is 10.9. The lowest BCUT2D eigenvalue weighted by Crippen LogP contribution is -2.36. The van der Waals surface area contributed by atoms with Gasteiger partial charge >= 0.3 is 5.97 Å². The molecule has 4 heteroatoms. The van der Waals surface area contributed by atoms with Gasteiger partial charge in [0.1, 0.15) is 6.04 Å². The summed E-state index contributed by atoms with van der Waals surface area (Å²) in [5, 5.41) is 8.30. The van der Waals surface area contributed by atoms with Crippen LogP contribution in [0.3, 0.4) is 0 Å². The lowest BCUT2D eigenvalue weighted by Gasteiger charge is -2.18. The SMILES string of the molecule is COC(=O)C(C)N(C)CC#N. The number of methoxy groups -OCH3 is 1. The van der Waals surface area contributed by atoms with Gasteiger partial charge in [-0.15, -0.1) is 0 Å². The van der Waals surface area contributed by atoms with Crippen LogP contribution in [0.4, 0.5) is 0 Å². The summed E-state index contributed by atoms with van der Waals surface area (Å²) in [5.41, 5.74) is 0. The van der Waals surface area contributed by atoms with Gasteiger partial charge in [-0.05, 0) is 14.0 Å². The van der Waals surface area contributed by atoms with E-state index in [1.54, 1.807) is 18.9 Å². The highest BCUT2D eigenvalue weighted by Gasteiger charge is 2.17. The van der Waals surface area contributed by atoms with Gasteiger partial charge in [-0.2, -0.15) is 5.26 Å². The van der Waals surface area contributed by atoms with Gasteiger partial charge in [0.2, 0.25) is 0 Å². The van der Waals surface area contributed by atoms with Crippen molar-refractivity contribution in [3.05, 3.63) is 0 Å². The van der Waals surface area contributed by atoms with E-state index in [1.807, 2.05) is 6.07 Å². The Hall–Kier alpha value is -1.08. The molecule has 0 amide bonds. The summed E-state index contributed by atoms with van der Waals surface area (Å²) in [7, 11) is 3.03. The molecule has 0 aromatic rings. The number of hydrogen-bond donors (Lipinski definition) is 0. The zero-order valence-corrected chi connectivity index (χ0v) is 7.00. The molecule has 0 saturated carbocycles. The molecule has 0 radical (unpaired) electrons. The molecule has 62 valence electrons. The standard InChI is InChI=1S/C7H12N2O2/c1-6(7(10)11-3)9(2)5-4-8/h6H,5H2,1-3H3. The van der Waals surface area contributed by atoms with Crippen LogP contribution in [0, 0.1) is 11.3 Å². The van der Waals surface area contributed by atoms with Gasteiger partial charge in [0, 0.05) is 0 Å². The van der Waals surface area contributed by atoms with Crippen molar-refractivity contribution in [2.75, 3.05) is 20.7 Å². The molecule has 0 heterocycles. The molecule has 0 aliphatic carbocycles. The second-order valence-corrected chi connectivity index (χ2v) is 2.27. The fourth-order valence-electron chi connectivity index (χ4n) is 0.599. The predicted molar refractivity (Wildman–Crippen MR) is 39.7 cm³/mol. The third kappa shape index (κ3) is 3.01. The molecule has 0 spiro atoms. The molecule has 0 aromatic carbocycles. The third-order valence-electron chi connectivity index (χ3n) is 1.52. The first-order chi connectivity index (χ1) is 5.13. The summed E-state index contributed by atoms with van der Waals surface area (Å²) in [6.45, 7) is 1.93.